The number of hydrogen-bond donors (Lipinski definition) is 1. The first-order valence-corrected chi connectivity index (χ1v) is 5.77. The lowest BCUT2D eigenvalue weighted by Gasteiger charge is -2.29. The molecule has 1 atom stereocenters. The molecule has 0 aromatic rings. The Balaban J connectivity index is 2.21. The Morgan fingerprint density at radius 2 is 2.33 bits per heavy atom. The first kappa shape index (κ1) is 12.3. The summed E-state index contributed by atoms with van der Waals surface area (Å²) < 4.78 is 5.17. The topological polar surface area (TPSA) is 55.6 Å². The van der Waals surface area contributed by atoms with Gasteiger partial charge in [0.1, 0.15) is 0 Å². The van der Waals surface area contributed by atoms with Crippen LogP contribution in [-0.2, 0) is 4.74 Å². The quantitative estimate of drug-likeness (QED) is 0.776. The van der Waals surface area contributed by atoms with E-state index in [4.69, 9.17) is 10.5 Å². The highest BCUT2D eigenvalue weighted by atomic mass is 16.6. The number of nitrogens with zero attached hydrogens (tertiary/aromatic N) is 1. The van der Waals surface area contributed by atoms with E-state index in [1.54, 1.807) is 4.90 Å². The molecule has 1 rings (SSSR count). The van der Waals surface area contributed by atoms with Crippen LogP contribution in [0.25, 0.3) is 0 Å². The summed E-state index contributed by atoms with van der Waals surface area (Å²) in [5.74, 6) is 0.571. The second-order valence-corrected chi connectivity index (χ2v) is 4.65. The molecule has 0 saturated carbocycles. The van der Waals surface area contributed by atoms with Gasteiger partial charge in [-0.1, -0.05) is 13.8 Å². The normalized spacial score (nSPS) is 21.9. The number of carbonyl (C=O) groups is 1. The van der Waals surface area contributed by atoms with Gasteiger partial charge in [0.2, 0.25) is 0 Å². The molecule has 1 aliphatic rings. The number of carbonyl (C=O) groups excluding carboxylic acids is 1. The van der Waals surface area contributed by atoms with E-state index in [0.29, 0.717) is 19.1 Å². The minimum atomic E-state index is -0.203. The number of hydrogen-bond acceptors (Lipinski definition) is 3. The average Bonchev–Trinajstić information content (AvgIpc) is 2.17. The Hall–Kier alpha value is -0.770. The van der Waals surface area contributed by atoms with Crippen molar-refractivity contribution in [3.8, 4) is 0 Å². The number of ether oxygens (including phenoxy) is 1. The zero-order valence-corrected chi connectivity index (χ0v) is 9.74. The molecule has 1 aliphatic heterocycles. The van der Waals surface area contributed by atoms with Crippen LogP contribution in [0.4, 0.5) is 4.79 Å². The van der Waals surface area contributed by atoms with Gasteiger partial charge in [-0.15, -0.1) is 0 Å². The number of nitrogens with two attached hydrogens (primary N) is 1. The Bertz CT molecular complexity index is 207. The summed E-state index contributed by atoms with van der Waals surface area (Å²) in [5, 5.41) is 0. The van der Waals surface area contributed by atoms with Gasteiger partial charge in [0, 0.05) is 19.1 Å². The number of likely N-dealkylation sites (tertiary alicyclic amines) is 1. The monoisotopic (exact) mass is 214 g/mol. The first-order valence-electron chi connectivity index (χ1n) is 5.77. The highest BCUT2D eigenvalue weighted by Crippen LogP contribution is 2.10. The summed E-state index contributed by atoms with van der Waals surface area (Å²) in [5.41, 5.74) is 5.79. The fourth-order valence-corrected chi connectivity index (χ4v) is 1.65. The molecule has 0 aromatic heterocycles. The molecule has 0 aliphatic carbocycles. The third-order valence-corrected chi connectivity index (χ3v) is 2.64. The van der Waals surface area contributed by atoms with Crippen molar-refractivity contribution < 1.29 is 9.53 Å². The minimum absolute atomic E-state index is 0.122. The minimum Gasteiger partial charge on any atom is -0.449 e. The lowest BCUT2D eigenvalue weighted by molar-refractivity contribution is 0.0882. The molecule has 15 heavy (non-hydrogen) atoms. The molecular weight excluding hydrogens is 192 g/mol. The van der Waals surface area contributed by atoms with E-state index in [0.717, 1.165) is 25.8 Å². The molecule has 0 radical (unpaired) electrons. The second kappa shape index (κ2) is 5.95. The zero-order chi connectivity index (χ0) is 11.3. The number of rotatable bonds is 3. The molecule has 0 spiro atoms. The molecule has 1 unspecified atom stereocenters. The molecule has 0 aromatic carbocycles. The van der Waals surface area contributed by atoms with Crippen molar-refractivity contribution in [1.29, 1.82) is 0 Å². The smallest absolute Gasteiger partial charge is 0.409 e. The first-order chi connectivity index (χ1) is 7.09. The highest BCUT2D eigenvalue weighted by molar-refractivity contribution is 5.67. The predicted molar refractivity (Wildman–Crippen MR) is 59.6 cm³/mol. The largest absolute Gasteiger partial charge is 0.449 e. The van der Waals surface area contributed by atoms with Gasteiger partial charge in [0.05, 0.1) is 6.61 Å². The van der Waals surface area contributed by atoms with Crippen molar-refractivity contribution in [3.63, 3.8) is 0 Å². The van der Waals surface area contributed by atoms with Crippen LogP contribution in [-0.4, -0.2) is 36.7 Å². The van der Waals surface area contributed by atoms with E-state index in [9.17, 15) is 4.79 Å². The van der Waals surface area contributed by atoms with Crippen LogP contribution in [0.15, 0.2) is 0 Å². The Labute approximate surface area is 91.8 Å². The fraction of sp³-hybridized carbons (Fsp3) is 0.909. The summed E-state index contributed by atoms with van der Waals surface area (Å²) in [7, 11) is 0. The molecule has 4 heteroatoms. The SMILES string of the molecule is CC(C)CCOC(=O)N1CCCC(N)C1. The molecule has 1 amide bonds. The summed E-state index contributed by atoms with van der Waals surface area (Å²) >= 11 is 0. The maximum atomic E-state index is 11.6. The molecule has 1 saturated heterocycles. The molecule has 4 nitrogen and oxygen atoms in total. The highest BCUT2D eigenvalue weighted by Gasteiger charge is 2.21. The van der Waals surface area contributed by atoms with Crippen molar-refractivity contribution in [2.24, 2.45) is 11.7 Å². The maximum absolute atomic E-state index is 11.6. The van der Waals surface area contributed by atoms with E-state index in [2.05, 4.69) is 13.8 Å². The molecule has 1 fully saturated rings. The molecule has 0 bridgehead atoms. The molecule has 2 N–H and O–H groups in total. The van der Waals surface area contributed by atoms with Gasteiger partial charge in [-0.25, -0.2) is 4.79 Å². The van der Waals surface area contributed by atoms with E-state index in [-0.39, 0.29) is 12.1 Å². The molecular formula is C11H22N2O2. The third kappa shape index (κ3) is 4.51. The van der Waals surface area contributed by atoms with E-state index in [1.807, 2.05) is 0 Å². The summed E-state index contributed by atoms with van der Waals surface area (Å²) in [6.45, 7) is 6.17. The van der Waals surface area contributed by atoms with Crippen LogP contribution >= 0.6 is 0 Å². The van der Waals surface area contributed by atoms with Gasteiger partial charge >= 0.3 is 6.09 Å². The van der Waals surface area contributed by atoms with E-state index in [1.165, 1.54) is 0 Å². The Morgan fingerprint density at radius 3 is 2.93 bits per heavy atom. The number of amides is 1. The van der Waals surface area contributed by atoms with E-state index < -0.39 is 0 Å². The van der Waals surface area contributed by atoms with Crippen LogP contribution in [0.2, 0.25) is 0 Å². The van der Waals surface area contributed by atoms with E-state index >= 15 is 0 Å². The summed E-state index contributed by atoms with van der Waals surface area (Å²) in [6, 6.07) is 0.122. The number of piperidine rings is 1. The van der Waals surface area contributed by atoms with Gasteiger partial charge in [-0.3, -0.25) is 0 Å². The van der Waals surface area contributed by atoms with Crippen molar-refractivity contribution >= 4 is 6.09 Å². The van der Waals surface area contributed by atoms with Crippen LogP contribution in [0.3, 0.4) is 0 Å². The lowest BCUT2D eigenvalue weighted by Crippen LogP contribution is -2.46. The fourth-order valence-electron chi connectivity index (χ4n) is 1.65. The second-order valence-electron chi connectivity index (χ2n) is 4.65. The molecule has 88 valence electrons. The predicted octanol–water partition coefficient (Wildman–Crippen LogP) is 1.59. The van der Waals surface area contributed by atoms with Crippen LogP contribution in [0.1, 0.15) is 33.1 Å². The summed E-state index contributed by atoms with van der Waals surface area (Å²) in [6.07, 6.45) is 2.72. The maximum Gasteiger partial charge on any atom is 0.409 e. The van der Waals surface area contributed by atoms with Crippen LogP contribution in [0.5, 0.6) is 0 Å². The van der Waals surface area contributed by atoms with Gasteiger partial charge < -0.3 is 15.4 Å². The van der Waals surface area contributed by atoms with Gasteiger partial charge in [0.25, 0.3) is 0 Å². The third-order valence-electron chi connectivity index (χ3n) is 2.64. The van der Waals surface area contributed by atoms with Crippen LogP contribution < -0.4 is 5.73 Å². The van der Waals surface area contributed by atoms with Crippen molar-refractivity contribution in [2.45, 2.75) is 39.2 Å². The van der Waals surface area contributed by atoms with Gasteiger partial charge in [-0.2, -0.15) is 0 Å². The zero-order valence-electron chi connectivity index (χ0n) is 9.74. The van der Waals surface area contributed by atoms with Crippen LogP contribution in [0, 0.1) is 5.92 Å². The molecule has 1 heterocycles. The Kier molecular flexibility index (Phi) is 4.88. The summed E-state index contributed by atoms with van der Waals surface area (Å²) in [4.78, 5) is 13.3. The Morgan fingerprint density at radius 1 is 1.60 bits per heavy atom. The van der Waals surface area contributed by atoms with Crippen molar-refractivity contribution in [1.82, 2.24) is 4.90 Å². The lowest BCUT2D eigenvalue weighted by atomic mass is 10.1. The van der Waals surface area contributed by atoms with Gasteiger partial charge in [0.15, 0.2) is 0 Å². The average molecular weight is 214 g/mol. The standard InChI is InChI=1S/C11H22N2O2/c1-9(2)5-7-15-11(14)13-6-3-4-10(12)8-13/h9-10H,3-8,12H2,1-2H3. The van der Waals surface area contributed by atoms with Crippen molar-refractivity contribution in [3.05, 3.63) is 0 Å². The van der Waals surface area contributed by atoms with Crippen molar-refractivity contribution in [2.75, 3.05) is 19.7 Å². The van der Waals surface area contributed by atoms with Gasteiger partial charge in [-0.05, 0) is 25.2 Å².